The summed E-state index contributed by atoms with van der Waals surface area (Å²) in [5.41, 5.74) is 0.259. The number of anilines is 1. The van der Waals surface area contributed by atoms with Gasteiger partial charge in [0.25, 0.3) is 11.6 Å². The smallest absolute Gasteiger partial charge is 0.344 e. The van der Waals surface area contributed by atoms with Crippen LogP contribution < -0.4 is 10.1 Å². The van der Waals surface area contributed by atoms with Crippen molar-refractivity contribution in [3.63, 3.8) is 0 Å². The molecular weight excluding hydrogens is 399 g/mol. The molecular formula is C17H14Cl2N2O6. The maximum atomic E-state index is 12.3. The molecule has 2 aromatic rings. The Morgan fingerprint density at radius 1 is 1.15 bits per heavy atom. The van der Waals surface area contributed by atoms with E-state index in [1.165, 1.54) is 36.4 Å². The number of non-ortho nitro benzene ring substituents is 1. The van der Waals surface area contributed by atoms with E-state index in [1.54, 1.807) is 6.92 Å². The summed E-state index contributed by atoms with van der Waals surface area (Å²) < 4.78 is 10.0. The summed E-state index contributed by atoms with van der Waals surface area (Å²) in [5.74, 6) is -0.974. The van der Waals surface area contributed by atoms with E-state index in [4.69, 9.17) is 32.7 Å². The standard InChI is InChI=1S/C17H14Cl2N2O6/c1-2-26-16(22)9-27-15-8-14(12(18)7-13(15)19)20-17(23)10-3-5-11(6-4-10)21(24)25/h3-8H,2,9H2,1H3,(H,20,23). The Bertz CT molecular complexity index is 870. The van der Waals surface area contributed by atoms with Crippen LogP contribution in [-0.4, -0.2) is 30.0 Å². The Morgan fingerprint density at radius 3 is 2.41 bits per heavy atom. The number of rotatable bonds is 7. The predicted octanol–water partition coefficient (Wildman–Crippen LogP) is 4.10. The van der Waals surface area contributed by atoms with E-state index < -0.39 is 16.8 Å². The molecule has 2 aromatic carbocycles. The van der Waals surface area contributed by atoms with Gasteiger partial charge in [-0.1, -0.05) is 23.2 Å². The molecule has 0 aromatic heterocycles. The predicted molar refractivity (Wildman–Crippen MR) is 99.6 cm³/mol. The molecule has 142 valence electrons. The molecule has 0 unspecified atom stereocenters. The monoisotopic (exact) mass is 412 g/mol. The fraction of sp³-hybridized carbons (Fsp3) is 0.176. The van der Waals surface area contributed by atoms with Crippen molar-refractivity contribution in [3.05, 3.63) is 62.1 Å². The van der Waals surface area contributed by atoms with E-state index >= 15 is 0 Å². The summed E-state index contributed by atoms with van der Waals surface area (Å²) in [5, 5.41) is 13.5. The van der Waals surface area contributed by atoms with Gasteiger partial charge in [0.05, 0.1) is 27.3 Å². The number of carbonyl (C=O) groups excluding carboxylic acids is 2. The molecule has 8 nitrogen and oxygen atoms in total. The molecule has 0 radical (unpaired) electrons. The molecule has 0 heterocycles. The van der Waals surface area contributed by atoms with Gasteiger partial charge >= 0.3 is 5.97 Å². The number of nitrogens with zero attached hydrogens (tertiary/aromatic N) is 1. The summed E-state index contributed by atoms with van der Waals surface area (Å²) in [6, 6.07) is 7.78. The molecule has 0 atom stereocenters. The highest BCUT2D eigenvalue weighted by atomic mass is 35.5. The lowest BCUT2D eigenvalue weighted by Gasteiger charge is -2.12. The Balaban J connectivity index is 2.15. The van der Waals surface area contributed by atoms with Gasteiger partial charge in [0.15, 0.2) is 6.61 Å². The average molecular weight is 413 g/mol. The van der Waals surface area contributed by atoms with Gasteiger partial charge in [0, 0.05) is 23.8 Å². The van der Waals surface area contributed by atoms with E-state index in [2.05, 4.69) is 5.32 Å². The van der Waals surface area contributed by atoms with Crippen molar-refractivity contribution in [3.8, 4) is 5.75 Å². The first kappa shape index (κ1) is 20.5. The number of benzene rings is 2. The zero-order valence-corrected chi connectivity index (χ0v) is 15.5. The van der Waals surface area contributed by atoms with E-state index in [-0.39, 0.29) is 45.9 Å². The van der Waals surface area contributed by atoms with Crippen LogP contribution in [0.15, 0.2) is 36.4 Å². The van der Waals surface area contributed by atoms with Gasteiger partial charge in [-0.15, -0.1) is 0 Å². The van der Waals surface area contributed by atoms with Crippen LogP contribution in [0.4, 0.5) is 11.4 Å². The summed E-state index contributed by atoms with van der Waals surface area (Å²) in [6.07, 6.45) is 0. The molecule has 0 spiro atoms. The van der Waals surface area contributed by atoms with Crippen LogP contribution in [0.3, 0.4) is 0 Å². The number of halogens is 2. The van der Waals surface area contributed by atoms with Crippen LogP contribution in [-0.2, 0) is 9.53 Å². The number of nitro benzene ring substituents is 1. The minimum absolute atomic E-state index is 0.133. The lowest BCUT2D eigenvalue weighted by atomic mass is 10.2. The van der Waals surface area contributed by atoms with Gasteiger partial charge < -0.3 is 14.8 Å². The summed E-state index contributed by atoms with van der Waals surface area (Å²) in [7, 11) is 0. The van der Waals surface area contributed by atoms with Crippen molar-refractivity contribution in [1.82, 2.24) is 0 Å². The van der Waals surface area contributed by atoms with Gasteiger partial charge in [-0.25, -0.2) is 4.79 Å². The number of hydrogen-bond acceptors (Lipinski definition) is 6. The van der Waals surface area contributed by atoms with Crippen LogP contribution in [0, 0.1) is 10.1 Å². The molecule has 0 saturated heterocycles. The molecule has 0 fully saturated rings. The van der Waals surface area contributed by atoms with Crippen molar-refractivity contribution in [1.29, 1.82) is 0 Å². The Hall–Kier alpha value is -2.84. The largest absolute Gasteiger partial charge is 0.480 e. The fourth-order valence-electron chi connectivity index (χ4n) is 2.00. The normalized spacial score (nSPS) is 10.2. The van der Waals surface area contributed by atoms with Crippen LogP contribution in [0.25, 0.3) is 0 Å². The van der Waals surface area contributed by atoms with Crippen LogP contribution >= 0.6 is 23.2 Å². The highest BCUT2D eigenvalue weighted by molar-refractivity contribution is 6.37. The van der Waals surface area contributed by atoms with Gasteiger partial charge in [-0.3, -0.25) is 14.9 Å². The first-order chi connectivity index (χ1) is 12.8. The topological polar surface area (TPSA) is 108 Å². The third-order valence-corrected chi connectivity index (χ3v) is 3.87. The van der Waals surface area contributed by atoms with Gasteiger partial charge in [0.2, 0.25) is 0 Å². The number of amides is 1. The maximum absolute atomic E-state index is 12.3. The number of nitro groups is 1. The second-order valence-electron chi connectivity index (χ2n) is 5.11. The Morgan fingerprint density at radius 2 is 1.81 bits per heavy atom. The molecule has 0 bridgehead atoms. The maximum Gasteiger partial charge on any atom is 0.344 e. The van der Waals surface area contributed by atoms with Gasteiger partial charge in [-0.05, 0) is 25.1 Å². The minimum Gasteiger partial charge on any atom is -0.480 e. The number of carbonyl (C=O) groups is 2. The van der Waals surface area contributed by atoms with Crippen LogP contribution in [0.1, 0.15) is 17.3 Å². The summed E-state index contributed by atoms with van der Waals surface area (Å²) in [6.45, 7) is 1.52. The quantitative estimate of drug-likeness (QED) is 0.416. The highest BCUT2D eigenvalue weighted by Crippen LogP contribution is 2.34. The highest BCUT2D eigenvalue weighted by Gasteiger charge is 2.15. The van der Waals surface area contributed by atoms with Crippen LogP contribution in [0.2, 0.25) is 10.0 Å². The average Bonchev–Trinajstić information content (AvgIpc) is 2.63. The third-order valence-electron chi connectivity index (χ3n) is 3.26. The molecule has 2 rings (SSSR count). The molecule has 0 saturated carbocycles. The minimum atomic E-state index is -0.569. The SMILES string of the molecule is CCOC(=O)COc1cc(NC(=O)c2ccc([N+](=O)[O-])cc2)c(Cl)cc1Cl. The number of nitrogens with one attached hydrogen (secondary N) is 1. The Kier molecular flexibility index (Phi) is 6.98. The van der Waals surface area contributed by atoms with Crippen molar-refractivity contribution in [2.45, 2.75) is 6.92 Å². The van der Waals surface area contributed by atoms with Crippen molar-refractivity contribution in [2.75, 3.05) is 18.5 Å². The molecule has 0 aliphatic heterocycles. The summed E-state index contributed by atoms with van der Waals surface area (Å²) >= 11 is 12.1. The lowest BCUT2D eigenvalue weighted by Crippen LogP contribution is -2.15. The first-order valence-corrected chi connectivity index (χ1v) is 8.40. The molecule has 0 aliphatic rings. The van der Waals surface area contributed by atoms with Crippen molar-refractivity contribution >= 4 is 46.5 Å². The zero-order valence-electron chi connectivity index (χ0n) is 14.0. The third kappa shape index (κ3) is 5.57. The number of ether oxygens (including phenoxy) is 2. The first-order valence-electron chi connectivity index (χ1n) is 7.65. The van der Waals surface area contributed by atoms with Crippen LogP contribution in [0.5, 0.6) is 5.75 Å². The van der Waals surface area contributed by atoms with Gasteiger partial charge in [-0.2, -0.15) is 0 Å². The molecule has 1 amide bonds. The number of esters is 1. The second-order valence-corrected chi connectivity index (χ2v) is 5.93. The molecule has 10 heteroatoms. The Labute approximate surface area is 164 Å². The number of hydrogen-bond donors (Lipinski definition) is 1. The molecule has 0 aliphatic carbocycles. The van der Waals surface area contributed by atoms with Crippen molar-refractivity contribution < 1.29 is 24.0 Å². The lowest BCUT2D eigenvalue weighted by molar-refractivity contribution is -0.384. The zero-order chi connectivity index (χ0) is 20.0. The van der Waals surface area contributed by atoms with E-state index in [0.29, 0.717) is 0 Å². The van der Waals surface area contributed by atoms with E-state index in [9.17, 15) is 19.7 Å². The molecule has 1 N–H and O–H groups in total. The fourth-order valence-corrected chi connectivity index (χ4v) is 2.49. The molecule has 27 heavy (non-hydrogen) atoms. The van der Waals surface area contributed by atoms with E-state index in [0.717, 1.165) is 0 Å². The summed E-state index contributed by atoms with van der Waals surface area (Å²) in [4.78, 5) is 33.8. The van der Waals surface area contributed by atoms with E-state index in [1.807, 2.05) is 0 Å². The second kappa shape index (κ2) is 9.20. The van der Waals surface area contributed by atoms with Crippen molar-refractivity contribution in [2.24, 2.45) is 0 Å². The van der Waals surface area contributed by atoms with Gasteiger partial charge in [0.1, 0.15) is 5.75 Å².